The quantitative estimate of drug-likeness (QED) is 0.342. The number of carboxylic acids is 1. The van der Waals surface area contributed by atoms with Crippen LogP contribution in [0.25, 0.3) is 0 Å². The molecule has 0 aliphatic carbocycles. The number of urea groups is 1. The van der Waals surface area contributed by atoms with Gasteiger partial charge >= 0.3 is 12.0 Å². The van der Waals surface area contributed by atoms with Gasteiger partial charge in [0.2, 0.25) is 5.91 Å². The van der Waals surface area contributed by atoms with Crippen LogP contribution in [0.15, 0.2) is 35.3 Å². The van der Waals surface area contributed by atoms with Crippen molar-refractivity contribution < 1.29 is 19.5 Å². The minimum absolute atomic E-state index is 0.411. The number of hydrogen-bond donors (Lipinski definition) is 5. The Morgan fingerprint density at radius 3 is 2.33 bits per heavy atom. The number of carboxylic acid groups (broad SMARTS) is 1. The number of carbonyl (C=O) groups excluding carboxylic acids is 2. The molecule has 0 aliphatic heterocycles. The second kappa shape index (κ2) is 7.48. The molecule has 3 amide bonds. The zero-order chi connectivity index (χ0) is 15.8. The van der Waals surface area contributed by atoms with Gasteiger partial charge in [-0.3, -0.25) is 4.79 Å². The van der Waals surface area contributed by atoms with Crippen molar-refractivity contribution in [3.8, 4) is 0 Å². The van der Waals surface area contributed by atoms with Gasteiger partial charge in [-0.2, -0.15) is 4.99 Å². The number of nitrogens with zero attached hydrogens (tertiary/aromatic N) is 1. The molecule has 9 heteroatoms. The Kier molecular flexibility index (Phi) is 5.68. The maximum atomic E-state index is 11.6. The van der Waals surface area contributed by atoms with E-state index in [0.717, 1.165) is 0 Å². The van der Waals surface area contributed by atoms with E-state index in [1.807, 2.05) is 0 Å². The van der Waals surface area contributed by atoms with Gasteiger partial charge in [-0.1, -0.05) is 30.3 Å². The van der Waals surface area contributed by atoms with Gasteiger partial charge in [0.25, 0.3) is 0 Å². The van der Waals surface area contributed by atoms with Crippen LogP contribution >= 0.6 is 0 Å². The third kappa shape index (κ3) is 5.59. The molecule has 0 heterocycles. The minimum atomic E-state index is -1.22. The number of benzene rings is 1. The van der Waals surface area contributed by atoms with Gasteiger partial charge in [0.15, 0.2) is 12.0 Å². The fourth-order valence-corrected chi connectivity index (χ4v) is 1.46. The predicted molar refractivity (Wildman–Crippen MR) is 74.2 cm³/mol. The van der Waals surface area contributed by atoms with Gasteiger partial charge < -0.3 is 27.2 Å². The summed E-state index contributed by atoms with van der Waals surface area (Å²) < 4.78 is 0. The average molecular weight is 293 g/mol. The smallest absolute Gasteiger partial charge is 0.344 e. The Hall–Kier alpha value is -3.10. The summed E-state index contributed by atoms with van der Waals surface area (Å²) in [6.07, 6.45) is 0. The van der Waals surface area contributed by atoms with Gasteiger partial charge in [0.05, 0.1) is 6.54 Å². The first-order valence-electron chi connectivity index (χ1n) is 5.84. The second-order valence-electron chi connectivity index (χ2n) is 3.94. The molecule has 21 heavy (non-hydrogen) atoms. The molecule has 1 rings (SSSR count). The number of nitrogens with one attached hydrogen (secondary N) is 2. The zero-order valence-corrected chi connectivity index (χ0v) is 10.9. The Morgan fingerprint density at radius 2 is 1.81 bits per heavy atom. The summed E-state index contributed by atoms with van der Waals surface area (Å²) >= 11 is 0. The molecule has 0 fully saturated rings. The normalized spacial score (nSPS) is 11.0. The van der Waals surface area contributed by atoms with E-state index in [9.17, 15) is 14.4 Å². The Labute approximate surface area is 120 Å². The van der Waals surface area contributed by atoms with Crippen LogP contribution in [0.1, 0.15) is 11.6 Å². The topological polar surface area (TPSA) is 160 Å². The van der Waals surface area contributed by atoms with Gasteiger partial charge in [-0.25, -0.2) is 9.59 Å². The molecule has 0 aromatic heterocycles. The van der Waals surface area contributed by atoms with Crippen LogP contribution in [0, 0.1) is 0 Å². The highest BCUT2D eigenvalue weighted by molar-refractivity contribution is 5.93. The van der Waals surface area contributed by atoms with Crippen molar-refractivity contribution in [2.24, 2.45) is 16.5 Å². The van der Waals surface area contributed by atoms with Crippen molar-refractivity contribution in [3.63, 3.8) is 0 Å². The standard InChI is InChI=1S/C12H15N5O4/c13-11(14)17-12(21)15-6-8(18)16-9(10(19)20)7-4-2-1-3-5-7/h1-5,9H,6H2,(H,16,18)(H,19,20)(H5,13,14,15,17,21)/t9-/m1/s1. The van der Waals surface area contributed by atoms with Crippen LogP contribution in [0.3, 0.4) is 0 Å². The molecule has 0 saturated carbocycles. The highest BCUT2D eigenvalue weighted by Crippen LogP contribution is 2.12. The lowest BCUT2D eigenvalue weighted by atomic mass is 10.1. The highest BCUT2D eigenvalue weighted by atomic mass is 16.4. The van der Waals surface area contributed by atoms with E-state index in [-0.39, 0.29) is 0 Å². The van der Waals surface area contributed by atoms with Crippen molar-refractivity contribution in [1.29, 1.82) is 0 Å². The SMILES string of the molecule is NC(N)=NC(=O)NCC(=O)N[C@@H](C(=O)O)c1ccccc1. The van der Waals surface area contributed by atoms with Gasteiger partial charge in [0, 0.05) is 0 Å². The fourth-order valence-electron chi connectivity index (χ4n) is 1.46. The summed E-state index contributed by atoms with van der Waals surface area (Å²) in [5, 5.41) is 13.5. The molecule has 0 radical (unpaired) electrons. The fraction of sp³-hybridized carbons (Fsp3) is 0.167. The largest absolute Gasteiger partial charge is 0.479 e. The molecule has 1 atom stereocenters. The van der Waals surface area contributed by atoms with Crippen molar-refractivity contribution >= 4 is 23.9 Å². The lowest BCUT2D eigenvalue weighted by Crippen LogP contribution is -2.41. The van der Waals surface area contributed by atoms with E-state index in [0.29, 0.717) is 5.56 Å². The van der Waals surface area contributed by atoms with Gasteiger partial charge in [0.1, 0.15) is 0 Å². The zero-order valence-electron chi connectivity index (χ0n) is 10.9. The van der Waals surface area contributed by atoms with Crippen LogP contribution in [0.2, 0.25) is 0 Å². The van der Waals surface area contributed by atoms with E-state index in [1.165, 1.54) is 0 Å². The van der Waals surface area contributed by atoms with Crippen molar-refractivity contribution in [2.75, 3.05) is 6.54 Å². The monoisotopic (exact) mass is 293 g/mol. The van der Waals surface area contributed by atoms with Crippen LogP contribution < -0.4 is 22.1 Å². The van der Waals surface area contributed by atoms with E-state index in [4.69, 9.17) is 16.6 Å². The Morgan fingerprint density at radius 1 is 1.19 bits per heavy atom. The Bertz CT molecular complexity index is 554. The van der Waals surface area contributed by atoms with E-state index in [1.54, 1.807) is 30.3 Å². The summed E-state index contributed by atoms with van der Waals surface area (Å²) in [7, 11) is 0. The molecule has 0 aliphatic rings. The lowest BCUT2D eigenvalue weighted by Gasteiger charge is -2.14. The van der Waals surface area contributed by atoms with Crippen molar-refractivity contribution in [1.82, 2.24) is 10.6 Å². The molecule has 1 aromatic rings. The van der Waals surface area contributed by atoms with Crippen molar-refractivity contribution in [3.05, 3.63) is 35.9 Å². The minimum Gasteiger partial charge on any atom is -0.479 e. The lowest BCUT2D eigenvalue weighted by molar-refractivity contribution is -0.141. The first-order valence-corrected chi connectivity index (χ1v) is 5.84. The highest BCUT2D eigenvalue weighted by Gasteiger charge is 2.21. The van der Waals surface area contributed by atoms with Crippen LogP contribution in [-0.4, -0.2) is 35.5 Å². The molecule has 1 aromatic carbocycles. The van der Waals surface area contributed by atoms with E-state index in [2.05, 4.69) is 15.6 Å². The summed E-state index contributed by atoms with van der Waals surface area (Å²) in [6, 6.07) is 6.05. The molecule has 0 saturated heterocycles. The average Bonchev–Trinajstić information content (AvgIpc) is 2.42. The third-order valence-electron chi connectivity index (χ3n) is 2.32. The molecule has 7 N–H and O–H groups in total. The number of rotatable bonds is 5. The predicted octanol–water partition coefficient (Wildman–Crippen LogP) is -1.09. The first kappa shape index (κ1) is 16.0. The molecule has 9 nitrogen and oxygen atoms in total. The van der Waals surface area contributed by atoms with Gasteiger partial charge in [-0.05, 0) is 5.56 Å². The second-order valence-corrected chi connectivity index (χ2v) is 3.94. The number of aliphatic carboxylic acids is 1. The summed E-state index contributed by atoms with van der Waals surface area (Å²) in [4.78, 5) is 37.0. The number of hydrogen-bond acceptors (Lipinski definition) is 3. The van der Waals surface area contributed by atoms with E-state index < -0.39 is 36.5 Å². The molecular weight excluding hydrogens is 278 g/mol. The number of amides is 3. The van der Waals surface area contributed by atoms with Crippen LogP contribution in [0.5, 0.6) is 0 Å². The molecule has 0 bridgehead atoms. The summed E-state index contributed by atoms with van der Waals surface area (Å²) in [6.45, 7) is -0.452. The van der Waals surface area contributed by atoms with Crippen LogP contribution in [-0.2, 0) is 9.59 Å². The molecular formula is C12H15N5O4. The van der Waals surface area contributed by atoms with E-state index >= 15 is 0 Å². The van der Waals surface area contributed by atoms with Crippen molar-refractivity contribution in [2.45, 2.75) is 6.04 Å². The molecule has 112 valence electrons. The number of carbonyl (C=O) groups is 3. The van der Waals surface area contributed by atoms with Crippen LogP contribution in [0.4, 0.5) is 4.79 Å². The summed E-state index contributed by atoms with van der Waals surface area (Å²) in [5.41, 5.74) is 10.4. The van der Waals surface area contributed by atoms with Gasteiger partial charge in [-0.15, -0.1) is 0 Å². The molecule has 0 spiro atoms. The number of nitrogens with two attached hydrogens (primary N) is 2. The first-order chi connectivity index (χ1) is 9.90. The summed E-state index contributed by atoms with van der Waals surface area (Å²) in [5.74, 6) is -2.35. The third-order valence-corrected chi connectivity index (χ3v) is 2.32. The maximum Gasteiger partial charge on any atom is 0.344 e. The number of aliphatic imine (C=N–C) groups is 1. The molecule has 0 unspecified atom stereocenters. The Balaban J connectivity index is 2.61. The number of guanidine groups is 1. The maximum absolute atomic E-state index is 11.6.